The molecule has 3 aromatic rings. The Bertz CT molecular complexity index is 992. The Morgan fingerprint density at radius 2 is 1.96 bits per heavy atom. The highest BCUT2D eigenvalue weighted by atomic mass is 32.1. The molecule has 0 aliphatic carbocycles. The molecule has 1 N–H and O–H groups in total. The molecule has 3 rings (SSSR count). The fourth-order valence-corrected chi connectivity index (χ4v) is 3.62. The van der Waals surface area contributed by atoms with Crippen molar-refractivity contribution in [2.45, 2.75) is 33.7 Å². The maximum absolute atomic E-state index is 12.8. The van der Waals surface area contributed by atoms with Gasteiger partial charge < -0.3 is 4.74 Å². The van der Waals surface area contributed by atoms with Crippen molar-refractivity contribution in [3.8, 4) is 11.3 Å². The van der Waals surface area contributed by atoms with Gasteiger partial charge in [-0.1, -0.05) is 41.7 Å². The van der Waals surface area contributed by atoms with Crippen molar-refractivity contribution in [2.75, 3.05) is 11.9 Å². The van der Waals surface area contributed by atoms with Gasteiger partial charge in [0, 0.05) is 11.6 Å². The van der Waals surface area contributed by atoms with E-state index in [2.05, 4.69) is 15.4 Å². The van der Waals surface area contributed by atoms with Gasteiger partial charge in [0.1, 0.15) is 10.6 Å². The van der Waals surface area contributed by atoms with Crippen LogP contribution in [0, 0.1) is 6.92 Å². The minimum absolute atomic E-state index is 0.0423. The number of carbonyl (C=O) groups excluding carboxylic acids is 2. The standard InChI is InChI=1S/C20H22N4O3S/c1-5-27-19(26)17-16(14-9-7-6-8-10-14)21-20(28-17)22-18(25)15-11-13(4)23-24(15)12(2)3/h6-12H,5H2,1-4H3,(H,21,22,25). The molecule has 0 radical (unpaired) electrons. The molecular weight excluding hydrogens is 376 g/mol. The number of thiazole rings is 1. The van der Waals surface area contributed by atoms with Crippen molar-refractivity contribution in [1.82, 2.24) is 14.8 Å². The summed E-state index contributed by atoms with van der Waals surface area (Å²) in [6, 6.07) is 11.1. The van der Waals surface area contributed by atoms with Crippen molar-refractivity contribution in [1.29, 1.82) is 0 Å². The number of benzene rings is 1. The first-order valence-corrected chi connectivity index (χ1v) is 9.83. The number of nitrogens with zero attached hydrogens (tertiary/aromatic N) is 3. The Hall–Kier alpha value is -3.00. The molecule has 1 amide bonds. The quantitative estimate of drug-likeness (QED) is 0.625. The fraction of sp³-hybridized carbons (Fsp3) is 0.300. The summed E-state index contributed by atoms with van der Waals surface area (Å²) in [7, 11) is 0. The van der Waals surface area contributed by atoms with Crippen LogP contribution in [-0.2, 0) is 4.74 Å². The minimum atomic E-state index is -0.456. The van der Waals surface area contributed by atoms with Gasteiger partial charge in [0.25, 0.3) is 5.91 Å². The first-order valence-electron chi connectivity index (χ1n) is 9.01. The zero-order valence-corrected chi connectivity index (χ0v) is 17.0. The van der Waals surface area contributed by atoms with Crippen molar-refractivity contribution in [3.63, 3.8) is 0 Å². The maximum Gasteiger partial charge on any atom is 0.350 e. The van der Waals surface area contributed by atoms with Crippen LogP contribution >= 0.6 is 11.3 Å². The number of hydrogen-bond acceptors (Lipinski definition) is 6. The third-order valence-corrected chi connectivity index (χ3v) is 4.89. The van der Waals surface area contributed by atoms with Gasteiger partial charge >= 0.3 is 5.97 Å². The van der Waals surface area contributed by atoms with E-state index >= 15 is 0 Å². The second kappa shape index (κ2) is 8.35. The van der Waals surface area contributed by atoms with E-state index in [1.165, 1.54) is 0 Å². The summed E-state index contributed by atoms with van der Waals surface area (Å²) in [6.07, 6.45) is 0. The lowest BCUT2D eigenvalue weighted by Crippen LogP contribution is -2.18. The van der Waals surface area contributed by atoms with Gasteiger partial charge in [-0.3, -0.25) is 14.8 Å². The molecule has 0 aliphatic rings. The Balaban J connectivity index is 1.95. The van der Waals surface area contributed by atoms with E-state index in [-0.39, 0.29) is 18.6 Å². The molecule has 0 spiro atoms. The molecule has 0 bridgehead atoms. The highest BCUT2D eigenvalue weighted by Crippen LogP contribution is 2.32. The average Bonchev–Trinajstić information content (AvgIpc) is 3.26. The summed E-state index contributed by atoms with van der Waals surface area (Å²) in [6.45, 7) is 7.77. The molecule has 2 heterocycles. The van der Waals surface area contributed by atoms with Crippen LogP contribution in [0.15, 0.2) is 36.4 Å². The predicted octanol–water partition coefficient (Wildman–Crippen LogP) is 4.32. The number of aromatic nitrogens is 3. The smallest absolute Gasteiger partial charge is 0.350 e. The van der Waals surface area contributed by atoms with Crippen molar-refractivity contribution in [3.05, 3.63) is 52.7 Å². The van der Waals surface area contributed by atoms with Gasteiger partial charge in [-0.2, -0.15) is 5.10 Å². The Morgan fingerprint density at radius 1 is 1.25 bits per heavy atom. The van der Waals surface area contributed by atoms with Crippen LogP contribution in [0.1, 0.15) is 52.7 Å². The van der Waals surface area contributed by atoms with E-state index in [4.69, 9.17) is 4.74 Å². The highest BCUT2D eigenvalue weighted by molar-refractivity contribution is 7.18. The molecule has 0 aliphatic heterocycles. The summed E-state index contributed by atoms with van der Waals surface area (Å²) < 4.78 is 6.82. The number of amides is 1. The zero-order chi connectivity index (χ0) is 20.3. The lowest BCUT2D eigenvalue weighted by atomic mass is 10.1. The third kappa shape index (κ3) is 4.12. The van der Waals surface area contributed by atoms with E-state index in [9.17, 15) is 9.59 Å². The molecule has 0 unspecified atom stereocenters. The number of carbonyl (C=O) groups is 2. The SMILES string of the molecule is CCOC(=O)c1sc(NC(=O)c2cc(C)nn2C(C)C)nc1-c1ccccc1. The molecule has 7 nitrogen and oxygen atoms in total. The first kappa shape index (κ1) is 19.8. The van der Waals surface area contributed by atoms with Crippen LogP contribution in [-0.4, -0.2) is 33.2 Å². The molecule has 146 valence electrons. The number of ether oxygens (including phenoxy) is 1. The van der Waals surface area contributed by atoms with Gasteiger partial charge in [-0.05, 0) is 33.8 Å². The van der Waals surface area contributed by atoms with E-state index in [1.54, 1.807) is 17.7 Å². The summed E-state index contributed by atoms with van der Waals surface area (Å²) in [5, 5.41) is 7.49. The molecule has 0 atom stereocenters. The Labute approximate surface area is 167 Å². The monoisotopic (exact) mass is 398 g/mol. The minimum Gasteiger partial charge on any atom is -0.462 e. The molecule has 8 heteroatoms. The van der Waals surface area contributed by atoms with Gasteiger partial charge in [-0.25, -0.2) is 9.78 Å². The van der Waals surface area contributed by atoms with Crippen LogP contribution in [0.3, 0.4) is 0 Å². The lowest BCUT2D eigenvalue weighted by molar-refractivity contribution is 0.0532. The predicted molar refractivity (Wildman–Crippen MR) is 109 cm³/mol. The Morgan fingerprint density at radius 3 is 2.61 bits per heavy atom. The topological polar surface area (TPSA) is 86.1 Å². The molecular formula is C20H22N4O3S. The zero-order valence-electron chi connectivity index (χ0n) is 16.2. The largest absolute Gasteiger partial charge is 0.462 e. The van der Waals surface area contributed by atoms with E-state index in [0.717, 1.165) is 22.6 Å². The number of rotatable bonds is 6. The second-order valence-corrected chi connectivity index (χ2v) is 7.45. The van der Waals surface area contributed by atoms with Crippen LogP contribution < -0.4 is 5.32 Å². The van der Waals surface area contributed by atoms with Crippen LogP contribution in [0.2, 0.25) is 0 Å². The second-order valence-electron chi connectivity index (χ2n) is 6.45. The first-order chi connectivity index (χ1) is 13.4. The van der Waals surface area contributed by atoms with E-state index in [0.29, 0.717) is 21.4 Å². The van der Waals surface area contributed by atoms with E-state index in [1.807, 2.05) is 51.1 Å². The summed E-state index contributed by atoms with van der Waals surface area (Å²) in [5.74, 6) is -0.777. The molecule has 2 aromatic heterocycles. The van der Waals surface area contributed by atoms with Gasteiger partial charge in [-0.15, -0.1) is 0 Å². The lowest BCUT2D eigenvalue weighted by Gasteiger charge is -2.09. The van der Waals surface area contributed by atoms with Crippen LogP contribution in [0.5, 0.6) is 0 Å². The van der Waals surface area contributed by atoms with Crippen molar-refractivity contribution < 1.29 is 14.3 Å². The molecule has 0 saturated carbocycles. The van der Waals surface area contributed by atoms with Gasteiger partial charge in [0.05, 0.1) is 18.0 Å². The number of anilines is 1. The summed E-state index contributed by atoms with van der Waals surface area (Å²) in [5.41, 5.74) is 2.48. The molecule has 1 aromatic carbocycles. The van der Waals surface area contributed by atoms with Gasteiger partial charge in [0.2, 0.25) is 0 Å². The highest BCUT2D eigenvalue weighted by Gasteiger charge is 2.23. The third-order valence-electron chi connectivity index (χ3n) is 3.94. The van der Waals surface area contributed by atoms with Crippen molar-refractivity contribution in [2.24, 2.45) is 0 Å². The number of hydrogen-bond donors (Lipinski definition) is 1. The molecule has 0 saturated heterocycles. The average molecular weight is 398 g/mol. The Kier molecular flexibility index (Phi) is 5.89. The maximum atomic E-state index is 12.8. The number of aryl methyl sites for hydroxylation is 1. The number of nitrogens with one attached hydrogen (secondary N) is 1. The fourth-order valence-electron chi connectivity index (χ4n) is 2.74. The molecule has 0 fully saturated rings. The summed E-state index contributed by atoms with van der Waals surface area (Å²) in [4.78, 5) is 30.0. The molecule has 28 heavy (non-hydrogen) atoms. The normalized spacial score (nSPS) is 10.9. The van der Waals surface area contributed by atoms with Crippen molar-refractivity contribution >= 4 is 28.3 Å². The number of esters is 1. The van der Waals surface area contributed by atoms with Crippen LogP contribution in [0.4, 0.5) is 5.13 Å². The van der Waals surface area contributed by atoms with E-state index < -0.39 is 5.97 Å². The summed E-state index contributed by atoms with van der Waals surface area (Å²) >= 11 is 1.10. The van der Waals surface area contributed by atoms with Gasteiger partial charge in [0.15, 0.2) is 5.13 Å². The van der Waals surface area contributed by atoms with Crippen LogP contribution in [0.25, 0.3) is 11.3 Å².